The van der Waals surface area contributed by atoms with Gasteiger partial charge in [-0.05, 0) is 38.4 Å². The number of rotatable bonds is 4. The van der Waals surface area contributed by atoms with Gasteiger partial charge in [-0.3, -0.25) is 10.00 Å². The average Bonchev–Trinajstić information content (AvgIpc) is 2.98. The van der Waals surface area contributed by atoms with Crippen molar-refractivity contribution in [2.45, 2.75) is 32.9 Å². The molecule has 2 heterocycles. The number of likely N-dealkylation sites (tertiary alicyclic amines) is 1. The van der Waals surface area contributed by atoms with E-state index < -0.39 is 6.10 Å². The molecule has 0 aliphatic carbocycles. The van der Waals surface area contributed by atoms with Crippen LogP contribution in [0.5, 0.6) is 0 Å². The molecular formula is C18H25N3O2. The first-order valence-electron chi connectivity index (χ1n) is 8.19. The number of aromatic nitrogens is 2. The van der Waals surface area contributed by atoms with Gasteiger partial charge in [-0.25, -0.2) is 0 Å². The Balaban J connectivity index is 1.78. The predicted molar refractivity (Wildman–Crippen MR) is 90.0 cm³/mol. The number of aromatic amines is 1. The highest BCUT2D eigenvalue weighted by molar-refractivity contribution is 5.67. The molecule has 0 amide bonds. The number of nitrogens with zero attached hydrogens (tertiary/aromatic N) is 2. The molecule has 0 radical (unpaired) electrons. The summed E-state index contributed by atoms with van der Waals surface area (Å²) in [5.41, 5.74) is 5.84. The molecule has 5 nitrogen and oxygen atoms in total. The Kier molecular flexibility index (Phi) is 4.80. The van der Waals surface area contributed by atoms with Gasteiger partial charge in [-0.15, -0.1) is 0 Å². The summed E-state index contributed by atoms with van der Waals surface area (Å²) in [7, 11) is 0. The summed E-state index contributed by atoms with van der Waals surface area (Å²) in [6.45, 7) is 6.51. The Labute approximate surface area is 137 Å². The standard InChI is InChI=1S/C18H25N3O2/c1-12-3-4-13(2)16(7-12)18-15(8-19-20-18)9-21-6-5-14(11-22)17(23)10-21/h3-4,7-8,14,17,22-23H,5-6,9-11H2,1-2H3,(H,19,20)/t14-,17-/m1/s1. The molecule has 0 spiro atoms. The monoisotopic (exact) mass is 315 g/mol. The number of H-pyrrole nitrogens is 1. The van der Waals surface area contributed by atoms with E-state index in [4.69, 9.17) is 0 Å². The van der Waals surface area contributed by atoms with Crippen molar-refractivity contribution >= 4 is 0 Å². The van der Waals surface area contributed by atoms with Crippen LogP contribution in [-0.4, -0.2) is 51.1 Å². The molecule has 2 atom stereocenters. The van der Waals surface area contributed by atoms with Gasteiger partial charge in [0.05, 0.1) is 18.0 Å². The van der Waals surface area contributed by atoms with Gasteiger partial charge in [-0.1, -0.05) is 17.7 Å². The molecule has 3 N–H and O–H groups in total. The van der Waals surface area contributed by atoms with Crippen molar-refractivity contribution < 1.29 is 10.2 Å². The van der Waals surface area contributed by atoms with E-state index >= 15 is 0 Å². The number of aryl methyl sites for hydroxylation is 2. The fourth-order valence-corrected chi connectivity index (χ4v) is 3.31. The van der Waals surface area contributed by atoms with E-state index in [1.54, 1.807) is 0 Å². The van der Waals surface area contributed by atoms with Crippen LogP contribution in [0.15, 0.2) is 24.4 Å². The Morgan fingerprint density at radius 2 is 2.17 bits per heavy atom. The number of hydrogen-bond acceptors (Lipinski definition) is 4. The number of aliphatic hydroxyl groups excluding tert-OH is 2. The van der Waals surface area contributed by atoms with Crippen LogP contribution in [0.1, 0.15) is 23.1 Å². The van der Waals surface area contributed by atoms with Gasteiger partial charge in [0.1, 0.15) is 0 Å². The minimum atomic E-state index is -0.454. The molecule has 23 heavy (non-hydrogen) atoms. The summed E-state index contributed by atoms with van der Waals surface area (Å²) in [4.78, 5) is 2.23. The summed E-state index contributed by atoms with van der Waals surface area (Å²) in [5, 5.41) is 26.7. The van der Waals surface area contributed by atoms with E-state index in [1.807, 2.05) is 6.20 Å². The molecule has 0 bridgehead atoms. The molecule has 3 rings (SSSR count). The van der Waals surface area contributed by atoms with Gasteiger partial charge in [0.2, 0.25) is 0 Å². The Morgan fingerprint density at radius 1 is 1.35 bits per heavy atom. The summed E-state index contributed by atoms with van der Waals surface area (Å²) in [6, 6.07) is 6.43. The van der Waals surface area contributed by atoms with Crippen molar-refractivity contribution in [1.82, 2.24) is 15.1 Å². The molecule has 1 aromatic heterocycles. The largest absolute Gasteiger partial charge is 0.396 e. The first-order valence-corrected chi connectivity index (χ1v) is 8.19. The van der Waals surface area contributed by atoms with Crippen molar-refractivity contribution in [1.29, 1.82) is 0 Å². The molecule has 1 aliphatic heterocycles. The van der Waals surface area contributed by atoms with E-state index in [0.717, 1.165) is 30.8 Å². The third kappa shape index (κ3) is 3.47. The number of nitrogens with one attached hydrogen (secondary N) is 1. The predicted octanol–water partition coefficient (Wildman–Crippen LogP) is 1.87. The first-order chi connectivity index (χ1) is 11.1. The third-order valence-corrected chi connectivity index (χ3v) is 4.81. The van der Waals surface area contributed by atoms with E-state index in [-0.39, 0.29) is 12.5 Å². The summed E-state index contributed by atoms with van der Waals surface area (Å²) >= 11 is 0. The zero-order chi connectivity index (χ0) is 16.4. The number of β-amino-alcohol motifs (C(OH)–C–C–N with tert-alkyl or cyclic N) is 1. The SMILES string of the molecule is Cc1ccc(C)c(-c2[nH]ncc2CN2CC[C@H](CO)[C@H](O)C2)c1. The van der Waals surface area contributed by atoms with Crippen LogP contribution in [0.4, 0.5) is 0 Å². The van der Waals surface area contributed by atoms with Crippen molar-refractivity contribution in [3.63, 3.8) is 0 Å². The summed E-state index contributed by atoms with van der Waals surface area (Å²) in [5.74, 6) is 0.00841. The molecule has 1 saturated heterocycles. The molecule has 1 aromatic carbocycles. The van der Waals surface area contributed by atoms with Crippen molar-refractivity contribution in [3.05, 3.63) is 41.1 Å². The van der Waals surface area contributed by atoms with Crippen LogP contribution in [0, 0.1) is 19.8 Å². The van der Waals surface area contributed by atoms with Crippen LogP contribution in [0.3, 0.4) is 0 Å². The molecule has 124 valence electrons. The molecule has 2 aromatic rings. The maximum absolute atomic E-state index is 10.1. The second-order valence-corrected chi connectivity index (χ2v) is 6.62. The molecule has 1 fully saturated rings. The third-order valence-electron chi connectivity index (χ3n) is 4.81. The normalized spacial score (nSPS) is 22.4. The fraction of sp³-hybridized carbons (Fsp3) is 0.500. The fourth-order valence-electron chi connectivity index (χ4n) is 3.31. The number of aliphatic hydroxyl groups is 2. The smallest absolute Gasteiger partial charge is 0.0717 e. The lowest BCUT2D eigenvalue weighted by molar-refractivity contribution is -0.00439. The molecular weight excluding hydrogens is 290 g/mol. The van der Waals surface area contributed by atoms with Crippen molar-refractivity contribution in [2.75, 3.05) is 19.7 Å². The topological polar surface area (TPSA) is 72.4 Å². The van der Waals surface area contributed by atoms with Crippen LogP contribution < -0.4 is 0 Å². The maximum atomic E-state index is 10.1. The first kappa shape index (κ1) is 16.2. The molecule has 0 saturated carbocycles. The van der Waals surface area contributed by atoms with Crippen LogP contribution in [-0.2, 0) is 6.54 Å². The average molecular weight is 315 g/mol. The van der Waals surface area contributed by atoms with E-state index in [0.29, 0.717) is 6.54 Å². The van der Waals surface area contributed by atoms with Crippen molar-refractivity contribution in [2.24, 2.45) is 5.92 Å². The number of hydrogen-bond donors (Lipinski definition) is 3. The van der Waals surface area contributed by atoms with Crippen LogP contribution in [0.2, 0.25) is 0 Å². The Hall–Kier alpha value is -1.69. The quantitative estimate of drug-likeness (QED) is 0.805. The lowest BCUT2D eigenvalue weighted by Crippen LogP contribution is -2.44. The van der Waals surface area contributed by atoms with Crippen LogP contribution in [0.25, 0.3) is 11.3 Å². The Morgan fingerprint density at radius 3 is 2.91 bits per heavy atom. The number of piperidine rings is 1. The van der Waals surface area contributed by atoms with E-state index in [1.165, 1.54) is 16.7 Å². The van der Waals surface area contributed by atoms with Crippen LogP contribution >= 0.6 is 0 Å². The highest BCUT2D eigenvalue weighted by atomic mass is 16.3. The highest BCUT2D eigenvalue weighted by Gasteiger charge is 2.27. The molecule has 5 heteroatoms. The summed E-state index contributed by atoms with van der Waals surface area (Å²) in [6.07, 6.45) is 2.25. The summed E-state index contributed by atoms with van der Waals surface area (Å²) < 4.78 is 0. The van der Waals surface area contributed by atoms with Gasteiger partial charge >= 0.3 is 0 Å². The van der Waals surface area contributed by atoms with Gasteiger partial charge in [-0.2, -0.15) is 5.10 Å². The van der Waals surface area contributed by atoms with Gasteiger partial charge < -0.3 is 10.2 Å². The van der Waals surface area contributed by atoms with Crippen molar-refractivity contribution in [3.8, 4) is 11.3 Å². The zero-order valence-corrected chi connectivity index (χ0v) is 13.8. The maximum Gasteiger partial charge on any atom is 0.0717 e. The molecule has 0 unspecified atom stereocenters. The Bertz CT molecular complexity index is 668. The van der Waals surface area contributed by atoms with Gasteiger partial charge in [0.15, 0.2) is 0 Å². The molecule has 1 aliphatic rings. The van der Waals surface area contributed by atoms with Gasteiger partial charge in [0.25, 0.3) is 0 Å². The van der Waals surface area contributed by atoms with E-state index in [9.17, 15) is 10.2 Å². The minimum absolute atomic E-state index is 0.00841. The number of benzene rings is 1. The second-order valence-electron chi connectivity index (χ2n) is 6.62. The lowest BCUT2D eigenvalue weighted by Gasteiger charge is -2.35. The minimum Gasteiger partial charge on any atom is -0.396 e. The van der Waals surface area contributed by atoms with E-state index in [2.05, 4.69) is 47.1 Å². The second kappa shape index (κ2) is 6.83. The zero-order valence-electron chi connectivity index (χ0n) is 13.8. The van der Waals surface area contributed by atoms with Gasteiger partial charge in [0, 0.05) is 36.7 Å². The lowest BCUT2D eigenvalue weighted by atomic mass is 9.94. The highest BCUT2D eigenvalue weighted by Crippen LogP contribution is 2.28.